The number of amides is 1. The van der Waals surface area contributed by atoms with Crippen LogP contribution in [0.25, 0.3) is 10.9 Å². The maximum absolute atomic E-state index is 13.1. The van der Waals surface area contributed by atoms with Gasteiger partial charge in [-0.15, -0.1) is 0 Å². The molecule has 106 valence electrons. The van der Waals surface area contributed by atoms with Gasteiger partial charge in [0.1, 0.15) is 0 Å². The molecule has 0 bridgehead atoms. The molecule has 0 radical (unpaired) electrons. The van der Waals surface area contributed by atoms with Crippen LogP contribution < -0.4 is 5.32 Å². The zero-order valence-electron chi connectivity index (χ0n) is 11.2. The van der Waals surface area contributed by atoms with Gasteiger partial charge in [-0.1, -0.05) is 0 Å². The Labute approximate surface area is 119 Å². The molecule has 1 heterocycles. The van der Waals surface area contributed by atoms with E-state index in [0.29, 0.717) is 5.69 Å². The summed E-state index contributed by atoms with van der Waals surface area (Å²) in [7, 11) is 0. The van der Waals surface area contributed by atoms with Crippen molar-refractivity contribution < 1.29 is 13.6 Å². The number of benzene rings is 2. The smallest absolute Gasteiger partial charge is 0.255 e. The van der Waals surface area contributed by atoms with Crippen molar-refractivity contribution in [1.29, 1.82) is 0 Å². The molecule has 1 amide bonds. The number of aromatic nitrogens is 1. The molecule has 3 aromatic rings. The number of aromatic amines is 1. The van der Waals surface area contributed by atoms with Crippen LogP contribution in [0.2, 0.25) is 0 Å². The van der Waals surface area contributed by atoms with Gasteiger partial charge < -0.3 is 10.3 Å². The van der Waals surface area contributed by atoms with E-state index in [2.05, 4.69) is 10.3 Å². The average Bonchev–Trinajstić information content (AvgIpc) is 2.81. The summed E-state index contributed by atoms with van der Waals surface area (Å²) in [5.41, 5.74) is 2.66. The fourth-order valence-corrected chi connectivity index (χ4v) is 2.20. The predicted octanol–water partition coefficient (Wildman–Crippen LogP) is 4.01. The maximum atomic E-state index is 13.1. The number of fused-ring (bicyclic) bond motifs is 1. The monoisotopic (exact) mass is 286 g/mol. The van der Waals surface area contributed by atoms with Crippen molar-refractivity contribution in [2.24, 2.45) is 0 Å². The second kappa shape index (κ2) is 5.01. The lowest BCUT2D eigenvalue weighted by atomic mass is 10.2. The molecule has 3 nitrogen and oxygen atoms in total. The van der Waals surface area contributed by atoms with Crippen LogP contribution in [0.1, 0.15) is 16.1 Å². The van der Waals surface area contributed by atoms with Crippen LogP contribution in [-0.4, -0.2) is 10.9 Å². The molecule has 0 unspecified atom stereocenters. The fraction of sp³-hybridized carbons (Fsp3) is 0.0625. The van der Waals surface area contributed by atoms with E-state index in [1.54, 1.807) is 6.07 Å². The Balaban J connectivity index is 1.86. The van der Waals surface area contributed by atoms with Gasteiger partial charge in [-0.2, -0.15) is 0 Å². The number of aryl methyl sites for hydroxylation is 1. The Morgan fingerprint density at radius 1 is 1.05 bits per heavy atom. The van der Waals surface area contributed by atoms with E-state index in [4.69, 9.17) is 0 Å². The van der Waals surface area contributed by atoms with Crippen molar-refractivity contribution >= 4 is 22.5 Å². The molecule has 3 rings (SSSR count). The molecule has 0 saturated heterocycles. The molecule has 0 fully saturated rings. The van der Waals surface area contributed by atoms with Gasteiger partial charge in [0.05, 0.1) is 0 Å². The van der Waals surface area contributed by atoms with Crippen LogP contribution >= 0.6 is 0 Å². The van der Waals surface area contributed by atoms with Crippen molar-refractivity contribution in [3.05, 3.63) is 65.4 Å². The Hall–Kier alpha value is -2.69. The van der Waals surface area contributed by atoms with E-state index in [0.717, 1.165) is 28.7 Å². The third-order valence-electron chi connectivity index (χ3n) is 3.20. The Morgan fingerprint density at radius 2 is 1.86 bits per heavy atom. The molecule has 1 aromatic heterocycles. The zero-order chi connectivity index (χ0) is 15.0. The summed E-state index contributed by atoms with van der Waals surface area (Å²) in [6.45, 7) is 1.94. The number of halogens is 2. The topological polar surface area (TPSA) is 44.9 Å². The minimum Gasteiger partial charge on any atom is -0.359 e. The van der Waals surface area contributed by atoms with Gasteiger partial charge >= 0.3 is 0 Å². The highest BCUT2D eigenvalue weighted by Gasteiger charge is 2.10. The van der Waals surface area contributed by atoms with E-state index < -0.39 is 17.5 Å². The molecular formula is C16H12F2N2O. The van der Waals surface area contributed by atoms with Crippen molar-refractivity contribution in [2.75, 3.05) is 5.32 Å². The lowest BCUT2D eigenvalue weighted by Crippen LogP contribution is -2.12. The number of carbonyl (C=O) groups is 1. The first-order valence-corrected chi connectivity index (χ1v) is 6.39. The second-order valence-corrected chi connectivity index (χ2v) is 4.84. The predicted molar refractivity (Wildman–Crippen MR) is 77.3 cm³/mol. The molecule has 0 aliphatic rings. The summed E-state index contributed by atoms with van der Waals surface area (Å²) in [5, 5.41) is 3.63. The molecule has 0 aliphatic carbocycles. The quantitative estimate of drug-likeness (QED) is 0.734. The van der Waals surface area contributed by atoms with Gasteiger partial charge in [-0.25, -0.2) is 8.78 Å². The first-order valence-electron chi connectivity index (χ1n) is 6.39. The highest BCUT2D eigenvalue weighted by Crippen LogP contribution is 2.20. The number of anilines is 1. The minimum atomic E-state index is -1.04. The van der Waals surface area contributed by atoms with Gasteiger partial charge in [0.15, 0.2) is 11.6 Å². The van der Waals surface area contributed by atoms with Crippen LogP contribution in [0.3, 0.4) is 0 Å². The van der Waals surface area contributed by atoms with Gasteiger partial charge in [-0.05, 0) is 49.4 Å². The first kappa shape index (κ1) is 13.3. The second-order valence-electron chi connectivity index (χ2n) is 4.84. The fourth-order valence-electron chi connectivity index (χ4n) is 2.20. The summed E-state index contributed by atoms with van der Waals surface area (Å²) < 4.78 is 26.0. The van der Waals surface area contributed by atoms with E-state index in [-0.39, 0.29) is 5.56 Å². The molecule has 0 aliphatic heterocycles. The molecule has 21 heavy (non-hydrogen) atoms. The maximum Gasteiger partial charge on any atom is 0.255 e. The highest BCUT2D eigenvalue weighted by atomic mass is 19.2. The van der Waals surface area contributed by atoms with Crippen molar-refractivity contribution in [3.63, 3.8) is 0 Å². The Kier molecular flexibility index (Phi) is 3.17. The number of hydrogen-bond acceptors (Lipinski definition) is 1. The molecule has 2 N–H and O–H groups in total. The lowest BCUT2D eigenvalue weighted by Gasteiger charge is -2.06. The van der Waals surface area contributed by atoms with E-state index in [1.807, 2.05) is 25.1 Å². The van der Waals surface area contributed by atoms with Gasteiger partial charge in [0, 0.05) is 27.8 Å². The van der Waals surface area contributed by atoms with E-state index >= 15 is 0 Å². The number of hydrogen-bond donors (Lipinski definition) is 2. The average molecular weight is 286 g/mol. The number of rotatable bonds is 2. The summed E-state index contributed by atoms with van der Waals surface area (Å²) in [6.07, 6.45) is 0. The van der Waals surface area contributed by atoms with E-state index in [1.165, 1.54) is 6.07 Å². The van der Waals surface area contributed by atoms with Crippen LogP contribution in [0.15, 0.2) is 42.5 Å². The molecule has 5 heteroatoms. The minimum absolute atomic E-state index is 0.0687. The standard InChI is InChI=1S/C16H12F2N2O/c1-9-6-11-7-12(3-5-15(11)19-9)20-16(21)10-2-4-13(17)14(18)8-10/h2-8,19H,1H3,(H,20,21). The third kappa shape index (κ3) is 2.63. The number of H-pyrrole nitrogens is 1. The van der Waals surface area contributed by atoms with Crippen molar-refractivity contribution in [2.45, 2.75) is 6.92 Å². The molecule has 0 saturated carbocycles. The summed E-state index contributed by atoms with van der Waals surface area (Å²) in [6, 6.07) is 10.4. The molecule has 0 atom stereocenters. The third-order valence-corrected chi connectivity index (χ3v) is 3.20. The number of nitrogens with one attached hydrogen (secondary N) is 2. The Bertz CT molecular complexity index is 839. The van der Waals surface area contributed by atoms with Gasteiger partial charge in [0.25, 0.3) is 5.91 Å². The van der Waals surface area contributed by atoms with Gasteiger partial charge in [0.2, 0.25) is 0 Å². The molecule has 0 spiro atoms. The number of carbonyl (C=O) groups excluding carboxylic acids is 1. The molecular weight excluding hydrogens is 274 g/mol. The lowest BCUT2D eigenvalue weighted by molar-refractivity contribution is 0.102. The zero-order valence-corrected chi connectivity index (χ0v) is 11.2. The van der Waals surface area contributed by atoms with Crippen LogP contribution in [0, 0.1) is 18.6 Å². The Morgan fingerprint density at radius 3 is 2.62 bits per heavy atom. The van der Waals surface area contributed by atoms with E-state index in [9.17, 15) is 13.6 Å². The summed E-state index contributed by atoms with van der Waals surface area (Å²) >= 11 is 0. The van der Waals surface area contributed by atoms with Crippen LogP contribution in [0.4, 0.5) is 14.5 Å². The SMILES string of the molecule is Cc1cc2cc(NC(=O)c3ccc(F)c(F)c3)ccc2[nH]1. The van der Waals surface area contributed by atoms with Crippen LogP contribution in [-0.2, 0) is 0 Å². The first-order chi connectivity index (χ1) is 10.0. The summed E-state index contributed by atoms with van der Waals surface area (Å²) in [4.78, 5) is 15.2. The van der Waals surface area contributed by atoms with Gasteiger partial charge in [-0.3, -0.25) is 4.79 Å². The van der Waals surface area contributed by atoms with Crippen LogP contribution in [0.5, 0.6) is 0 Å². The van der Waals surface area contributed by atoms with Crippen molar-refractivity contribution in [3.8, 4) is 0 Å². The normalized spacial score (nSPS) is 10.8. The molecule has 2 aromatic carbocycles. The largest absolute Gasteiger partial charge is 0.359 e. The highest BCUT2D eigenvalue weighted by molar-refractivity contribution is 6.05. The summed E-state index contributed by atoms with van der Waals surface area (Å²) in [5.74, 6) is -2.50. The van der Waals surface area contributed by atoms with Crippen molar-refractivity contribution in [1.82, 2.24) is 4.98 Å².